The second-order valence-corrected chi connectivity index (χ2v) is 6.45. The van der Waals surface area contributed by atoms with Crippen molar-refractivity contribution in [2.45, 2.75) is 12.8 Å². The standard InChI is InChI=1S/C17H22N6O2/c24-16(14-7-12-25-13-14)21-8-4-9-22(11-10-21)17-18-19-20-23(17)15-5-2-1-3-6-15/h1-3,5-6,14H,4,7-13H2. The Labute approximate surface area is 146 Å². The molecule has 4 rings (SSSR count). The van der Waals surface area contributed by atoms with Crippen molar-refractivity contribution in [3.05, 3.63) is 30.3 Å². The van der Waals surface area contributed by atoms with Gasteiger partial charge in [0, 0.05) is 32.8 Å². The molecule has 25 heavy (non-hydrogen) atoms. The third-order valence-corrected chi connectivity index (χ3v) is 4.82. The minimum Gasteiger partial charge on any atom is -0.381 e. The van der Waals surface area contributed by atoms with Crippen molar-refractivity contribution in [3.63, 3.8) is 0 Å². The van der Waals surface area contributed by atoms with Crippen molar-refractivity contribution in [2.75, 3.05) is 44.3 Å². The summed E-state index contributed by atoms with van der Waals surface area (Å²) in [5.74, 6) is 0.980. The number of hydrogen-bond donors (Lipinski definition) is 0. The summed E-state index contributed by atoms with van der Waals surface area (Å²) < 4.78 is 7.11. The van der Waals surface area contributed by atoms with Crippen LogP contribution in [-0.2, 0) is 9.53 Å². The first-order valence-corrected chi connectivity index (χ1v) is 8.78. The number of ether oxygens (including phenoxy) is 1. The highest BCUT2D eigenvalue weighted by molar-refractivity contribution is 5.79. The number of carbonyl (C=O) groups excluding carboxylic acids is 1. The van der Waals surface area contributed by atoms with Gasteiger partial charge in [0.2, 0.25) is 11.9 Å². The van der Waals surface area contributed by atoms with Gasteiger partial charge in [-0.2, -0.15) is 4.68 Å². The van der Waals surface area contributed by atoms with E-state index in [1.165, 1.54) is 0 Å². The van der Waals surface area contributed by atoms with E-state index in [0.717, 1.165) is 44.1 Å². The van der Waals surface area contributed by atoms with Crippen LogP contribution in [0.1, 0.15) is 12.8 Å². The smallest absolute Gasteiger partial charge is 0.250 e. The van der Waals surface area contributed by atoms with Crippen molar-refractivity contribution in [1.29, 1.82) is 0 Å². The van der Waals surface area contributed by atoms with Crippen LogP contribution in [0.25, 0.3) is 5.69 Å². The summed E-state index contributed by atoms with van der Waals surface area (Å²) in [6.45, 7) is 4.29. The van der Waals surface area contributed by atoms with Gasteiger partial charge in [-0.05, 0) is 35.4 Å². The molecule has 3 heterocycles. The Kier molecular flexibility index (Phi) is 4.60. The maximum atomic E-state index is 12.6. The van der Waals surface area contributed by atoms with Gasteiger partial charge in [-0.25, -0.2) is 0 Å². The molecule has 0 saturated carbocycles. The summed E-state index contributed by atoms with van der Waals surface area (Å²) in [7, 11) is 0. The molecular weight excluding hydrogens is 320 g/mol. The zero-order valence-electron chi connectivity index (χ0n) is 14.1. The molecule has 8 heteroatoms. The number of rotatable bonds is 3. The zero-order valence-corrected chi connectivity index (χ0v) is 14.1. The van der Waals surface area contributed by atoms with Crippen LogP contribution >= 0.6 is 0 Å². The Morgan fingerprint density at radius 2 is 2.00 bits per heavy atom. The molecule has 0 spiro atoms. The van der Waals surface area contributed by atoms with E-state index in [9.17, 15) is 4.79 Å². The topological polar surface area (TPSA) is 76.4 Å². The van der Waals surface area contributed by atoms with E-state index in [0.29, 0.717) is 19.8 Å². The lowest BCUT2D eigenvalue weighted by Crippen LogP contribution is -2.39. The van der Waals surface area contributed by atoms with Gasteiger partial charge in [0.15, 0.2) is 0 Å². The first-order chi connectivity index (χ1) is 12.3. The fourth-order valence-corrected chi connectivity index (χ4v) is 3.44. The summed E-state index contributed by atoms with van der Waals surface area (Å²) in [6.07, 6.45) is 1.74. The first kappa shape index (κ1) is 16.0. The van der Waals surface area contributed by atoms with Crippen LogP contribution in [-0.4, -0.2) is 70.4 Å². The molecule has 132 valence electrons. The number of anilines is 1. The van der Waals surface area contributed by atoms with Gasteiger partial charge in [-0.3, -0.25) is 4.79 Å². The fourth-order valence-electron chi connectivity index (χ4n) is 3.44. The largest absolute Gasteiger partial charge is 0.381 e. The Morgan fingerprint density at radius 3 is 2.80 bits per heavy atom. The van der Waals surface area contributed by atoms with Gasteiger partial charge in [-0.15, -0.1) is 0 Å². The van der Waals surface area contributed by atoms with Crippen LogP contribution < -0.4 is 4.90 Å². The zero-order chi connectivity index (χ0) is 17.1. The molecule has 1 aromatic heterocycles. The molecule has 2 aromatic rings. The second-order valence-electron chi connectivity index (χ2n) is 6.45. The molecule has 1 aromatic carbocycles. The Balaban J connectivity index is 1.47. The Morgan fingerprint density at radius 1 is 1.12 bits per heavy atom. The van der Waals surface area contributed by atoms with E-state index in [1.807, 2.05) is 35.2 Å². The van der Waals surface area contributed by atoms with E-state index in [1.54, 1.807) is 4.68 Å². The average molecular weight is 342 g/mol. The number of nitrogens with zero attached hydrogens (tertiary/aromatic N) is 6. The van der Waals surface area contributed by atoms with Crippen LogP contribution in [0, 0.1) is 5.92 Å². The lowest BCUT2D eigenvalue weighted by Gasteiger charge is -2.24. The number of aromatic nitrogens is 4. The van der Waals surface area contributed by atoms with Gasteiger partial charge < -0.3 is 14.5 Å². The number of amides is 1. The van der Waals surface area contributed by atoms with E-state index < -0.39 is 0 Å². The molecule has 2 aliphatic rings. The molecule has 2 aliphatic heterocycles. The number of para-hydroxylation sites is 1. The van der Waals surface area contributed by atoms with Gasteiger partial charge in [0.25, 0.3) is 0 Å². The quantitative estimate of drug-likeness (QED) is 0.819. The van der Waals surface area contributed by atoms with Crippen molar-refractivity contribution in [3.8, 4) is 5.69 Å². The molecule has 0 aliphatic carbocycles. The van der Waals surface area contributed by atoms with E-state index in [2.05, 4.69) is 20.4 Å². The normalized spacial score (nSPS) is 21.4. The first-order valence-electron chi connectivity index (χ1n) is 8.78. The molecule has 1 atom stereocenters. The second kappa shape index (κ2) is 7.18. The molecule has 8 nitrogen and oxygen atoms in total. The van der Waals surface area contributed by atoms with Crippen molar-refractivity contribution >= 4 is 11.9 Å². The van der Waals surface area contributed by atoms with Crippen molar-refractivity contribution in [2.24, 2.45) is 5.92 Å². The predicted octanol–water partition coefficient (Wildman–Crippen LogP) is 0.738. The molecule has 0 bridgehead atoms. The van der Waals surface area contributed by atoms with Crippen LogP contribution in [0.3, 0.4) is 0 Å². The number of carbonyl (C=O) groups is 1. The van der Waals surface area contributed by atoms with E-state index in [-0.39, 0.29) is 11.8 Å². The molecule has 0 N–H and O–H groups in total. The monoisotopic (exact) mass is 342 g/mol. The fraction of sp³-hybridized carbons (Fsp3) is 0.529. The number of hydrogen-bond acceptors (Lipinski definition) is 6. The maximum absolute atomic E-state index is 12.6. The van der Waals surface area contributed by atoms with Gasteiger partial charge in [0.05, 0.1) is 18.2 Å². The molecular formula is C17H22N6O2. The van der Waals surface area contributed by atoms with Crippen LogP contribution in [0.5, 0.6) is 0 Å². The minimum atomic E-state index is 0.0289. The number of tetrazole rings is 1. The van der Waals surface area contributed by atoms with Gasteiger partial charge in [-0.1, -0.05) is 23.3 Å². The van der Waals surface area contributed by atoms with Crippen LogP contribution in [0.2, 0.25) is 0 Å². The summed E-state index contributed by atoms with van der Waals surface area (Å²) >= 11 is 0. The molecule has 0 radical (unpaired) electrons. The lowest BCUT2D eigenvalue weighted by atomic mass is 10.1. The summed E-state index contributed by atoms with van der Waals surface area (Å²) in [5.41, 5.74) is 0.933. The Bertz CT molecular complexity index is 713. The minimum absolute atomic E-state index is 0.0289. The lowest BCUT2D eigenvalue weighted by molar-refractivity contribution is -0.135. The van der Waals surface area contributed by atoms with Crippen LogP contribution in [0.4, 0.5) is 5.95 Å². The highest BCUT2D eigenvalue weighted by Gasteiger charge is 2.30. The molecule has 2 fully saturated rings. The third-order valence-electron chi connectivity index (χ3n) is 4.82. The summed E-state index contributed by atoms with van der Waals surface area (Å²) in [5, 5.41) is 12.2. The van der Waals surface area contributed by atoms with E-state index in [4.69, 9.17) is 4.74 Å². The Hall–Kier alpha value is -2.48. The highest BCUT2D eigenvalue weighted by Crippen LogP contribution is 2.20. The van der Waals surface area contributed by atoms with Gasteiger partial charge in [0.1, 0.15) is 0 Å². The summed E-state index contributed by atoms with van der Waals surface area (Å²) in [4.78, 5) is 16.7. The molecule has 1 amide bonds. The van der Waals surface area contributed by atoms with E-state index >= 15 is 0 Å². The third kappa shape index (κ3) is 3.34. The number of benzene rings is 1. The predicted molar refractivity (Wildman–Crippen MR) is 91.5 cm³/mol. The van der Waals surface area contributed by atoms with Gasteiger partial charge >= 0.3 is 0 Å². The summed E-state index contributed by atoms with van der Waals surface area (Å²) in [6, 6.07) is 9.86. The maximum Gasteiger partial charge on any atom is 0.250 e. The molecule has 1 unspecified atom stereocenters. The van der Waals surface area contributed by atoms with Crippen LogP contribution in [0.15, 0.2) is 30.3 Å². The average Bonchev–Trinajstić information content (AvgIpc) is 3.30. The SMILES string of the molecule is O=C(C1CCOC1)N1CCCN(c2nnnn2-c2ccccc2)CC1. The molecule has 2 saturated heterocycles. The van der Waals surface area contributed by atoms with Crippen molar-refractivity contribution < 1.29 is 9.53 Å². The highest BCUT2D eigenvalue weighted by atomic mass is 16.5. The van der Waals surface area contributed by atoms with Crippen molar-refractivity contribution in [1.82, 2.24) is 25.1 Å².